The highest BCUT2D eigenvalue weighted by atomic mass is 32.1. The van der Waals surface area contributed by atoms with Gasteiger partial charge in [0.1, 0.15) is 0 Å². The Morgan fingerprint density at radius 2 is 2.35 bits per heavy atom. The normalized spacial score (nSPS) is 18.1. The molecular weight excluding hydrogens is 314 g/mol. The molecule has 0 bridgehead atoms. The molecule has 6 nitrogen and oxygen atoms in total. The Hall–Kier alpha value is -1.73. The molecule has 0 radical (unpaired) electrons. The summed E-state index contributed by atoms with van der Waals surface area (Å²) in [5.41, 5.74) is 0.879. The summed E-state index contributed by atoms with van der Waals surface area (Å²) in [6.45, 7) is 9.23. The summed E-state index contributed by atoms with van der Waals surface area (Å²) in [6, 6.07) is 0. The van der Waals surface area contributed by atoms with Crippen molar-refractivity contribution in [2.45, 2.75) is 32.4 Å². The van der Waals surface area contributed by atoms with Gasteiger partial charge in [0.25, 0.3) is 5.91 Å². The van der Waals surface area contributed by atoms with Gasteiger partial charge in [0.05, 0.1) is 30.4 Å². The van der Waals surface area contributed by atoms with Gasteiger partial charge in [-0.25, -0.2) is 4.98 Å². The molecule has 0 saturated carbocycles. The lowest BCUT2D eigenvalue weighted by Gasteiger charge is -2.33. The van der Waals surface area contributed by atoms with Gasteiger partial charge in [0.15, 0.2) is 6.10 Å². The number of carbonyl (C=O) groups is 2. The summed E-state index contributed by atoms with van der Waals surface area (Å²) in [7, 11) is 1.73. The van der Waals surface area contributed by atoms with Crippen LogP contribution >= 0.6 is 11.3 Å². The summed E-state index contributed by atoms with van der Waals surface area (Å²) in [4.78, 5) is 31.9. The number of morpholine rings is 1. The number of amides is 2. The Kier molecular flexibility index (Phi) is 5.90. The lowest BCUT2D eigenvalue weighted by atomic mass is 10.2. The van der Waals surface area contributed by atoms with Crippen LogP contribution in [0.3, 0.4) is 0 Å². The smallest absolute Gasteiger partial charge is 0.253 e. The fourth-order valence-corrected chi connectivity index (χ4v) is 3.18. The zero-order chi connectivity index (χ0) is 17.0. The lowest BCUT2D eigenvalue weighted by molar-refractivity contribution is -0.152. The first-order valence-electron chi connectivity index (χ1n) is 7.64. The maximum absolute atomic E-state index is 12.5. The van der Waals surface area contributed by atoms with Crippen molar-refractivity contribution in [2.24, 2.45) is 0 Å². The van der Waals surface area contributed by atoms with E-state index in [9.17, 15) is 9.59 Å². The van der Waals surface area contributed by atoms with E-state index in [4.69, 9.17) is 4.74 Å². The molecular formula is C16H23N3O3S. The van der Waals surface area contributed by atoms with Crippen LogP contribution in [-0.2, 0) is 20.9 Å². The second-order valence-electron chi connectivity index (χ2n) is 5.87. The number of thiazole rings is 1. The topological polar surface area (TPSA) is 62.7 Å². The van der Waals surface area contributed by atoms with Gasteiger partial charge in [-0.05, 0) is 6.08 Å². The zero-order valence-corrected chi connectivity index (χ0v) is 14.6. The van der Waals surface area contributed by atoms with Gasteiger partial charge in [-0.15, -0.1) is 11.3 Å². The molecule has 7 heteroatoms. The summed E-state index contributed by atoms with van der Waals surface area (Å²) >= 11 is 1.61. The van der Waals surface area contributed by atoms with Gasteiger partial charge in [-0.3, -0.25) is 9.59 Å². The molecule has 1 aliphatic rings. The van der Waals surface area contributed by atoms with Gasteiger partial charge in [-0.2, -0.15) is 0 Å². The van der Waals surface area contributed by atoms with Crippen molar-refractivity contribution in [3.05, 3.63) is 28.7 Å². The van der Waals surface area contributed by atoms with E-state index in [0.29, 0.717) is 25.6 Å². The predicted octanol–water partition coefficient (Wildman–Crippen LogP) is 1.64. The van der Waals surface area contributed by atoms with Crippen molar-refractivity contribution >= 4 is 23.2 Å². The third kappa shape index (κ3) is 4.39. The van der Waals surface area contributed by atoms with Crippen LogP contribution in [0.1, 0.15) is 30.5 Å². The minimum Gasteiger partial charge on any atom is -0.365 e. The molecule has 23 heavy (non-hydrogen) atoms. The molecule has 1 aromatic rings. The summed E-state index contributed by atoms with van der Waals surface area (Å²) in [6.07, 6.45) is 0.639. The minimum atomic E-state index is -0.624. The Balaban J connectivity index is 1.95. The highest BCUT2D eigenvalue weighted by Crippen LogP contribution is 2.20. The molecule has 0 N–H and O–H groups in total. The standard InChI is InChI=1S/C16H23N3O3S/c1-5-14(20)19-6-7-22-13(9-19)16(21)18(4)8-12-10-23-15(17-12)11(2)3/h5,10-11,13H,1,6-9H2,2-4H3/t13-/m1/s1. The Labute approximate surface area is 140 Å². The number of carbonyl (C=O) groups excluding carboxylic acids is 2. The molecule has 2 heterocycles. The van der Waals surface area contributed by atoms with Crippen molar-refractivity contribution in [1.82, 2.24) is 14.8 Å². The molecule has 1 atom stereocenters. The molecule has 0 aromatic carbocycles. The quantitative estimate of drug-likeness (QED) is 0.766. The van der Waals surface area contributed by atoms with E-state index in [1.165, 1.54) is 6.08 Å². The average Bonchev–Trinajstić information content (AvgIpc) is 3.02. The fraction of sp³-hybridized carbons (Fsp3) is 0.562. The molecule has 1 aromatic heterocycles. The average molecular weight is 337 g/mol. The highest BCUT2D eigenvalue weighted by Gasteiger charge is 2.30. The van der Waals surface area contributed by atoms with Crippen molar-refractivity contribution in [3.63, 3.8) is 0 Å². The fourth-order valence-electron chi connectivity index (χ4n) is 2.36. The Morgan fingerprint density at radius 3 is 2.96 bits per heavy atom. The van der Waals surface area contributed by atoms with E-state index in [2.05, 4.69) is 25.4 Å². The van der Waals surface area contributed by atoms with Gasteiger partial charge >= 0.3 is 0 Å². The number of aromatic nitrogens is 1. The minimum absolute atomic E-state index is 0.134. The maximum atomic E-state index is 12.5. The third-order valence-electron chi connectivity index (χ3n) is 3.67. The van der Waals surface area contributed by atoms with Crippen molar-refractivity contribution < 1.29 is 14.3 Å². The van der Waals surface area contributed by atoms with Crippen LogP contribution in [0.5, 0.6) is 0 Å². The van der Waals surface area contributed by atoms with Crippen LogP contribution in [0.2, 0.25) is 0 Å². The van der Waals surface area contributed by atoms with Gasteiger partial charge in [-0.1, -0.05) is 20.4 Å². The first-order chi connectivity index (χ1) is 10.9. The number of ether oxygens (including phenoxy) is 1. The van der Waals surface area contributed by atoms with Crippen LogP contribution in [0, 0.1) is 0 Å². The zero-order valence-electron chi connectivity index (χ0n) is 13.8. The predicted molar refractivity (Wildman–Crippen MR) is 89.2 cm³/mol. The Morgan fingerprint density at radius 1 is 1.61 bits per heavy atom. The van der Waals surface area contributed by atoms with Crippen LogP contribution in [0.4, 0.5) is 0 Å². The maximum Gasteiger partial charge on any atom is 0.253 e. The second kappa shape index (κ2) is 7.70. The summed E-state index contributed by atoms with van der Waals surface area (Å²) in [5.74, 6) is 0.0791. The van der Waals surface area contributed by atoms with Crippen molar-refractivity contribution in [3.8, 4) is 0 Å². The number of likely N-dealkylation sites (N-methyl/N-ethyl adjacent to an activating group) is 1. The van der Waals surface area contributed by atoms with Crippen LogP contribution in [0.25, 0.3) is 0 Å². The number of hydrogen-bond acceptors (Lipinski definition) is 5. The molecule has 0 spiro atoms. The van der Waals surface area contributed by atoms with Crippen LogP contribution in [0.15, 0.2) is 18.0 Å². The third-order valence-corrected chi connectivity index (χ3v) is 4.86. The first kappa shape index (κ1) is 17.6. The highest BCUT2D eigenvalue weighted by molar-refractivity contribution is 7.09. The van der Waals surface area contributed by atoms with Crippen LogP contribution in [-0.4, -0.2) is 59.4 Å². The van der Waals surface area contributed by atoms with Crippen molar-refractivity contribution in [2.75, 3.05) is 26.7 Å². The number of rotatable bonds is 5. The molecule has 1 aliphatic heterocycles. The second-order valence-corrected chi connectivity index (χ2v) is 6.76. The van der Waals surface area contributed by atoms with Crippen molar-refractivity contribution in [1.29, 1.82) is 0 Å². The van der Waals surface area contributed by atoms with Gasteiger partial charge in [0.2, 0.25) is 5.91 Å². The van der Waals surface area contributed by atoms with E-state index in [0.717, 1.165) is 10.7 Å². The monoisotopic (exact) mass is 337 g/mol. The molecule has 1 saturated heterocycles. The van der Waals surface area contributed by atoms with Gasteiger partial charge < -0.3 is 14.5 Å². The van der Waals surface area contributed by atoms with E-state index in [1.54, 1.807) is 28.2 Å². The summed E-state index contributed by atoms with van der Waals surface area (Å²) < 4.78 is 5.53. The molecule has 2 amide bonds. The Bertz CT molecular complexity index is 585. The molecule has 2 rings (SSSR count). The summed E-state index contributed by atoms with van der Waals surface area (Å²) in [5, 5.41) is 3.05. The van der Waals surface area contributed by atoms with E-state index in [1.807, 2.05) is 5.38 Å². The number of nitrogens with zero attached hydrogens (tertiary/aromatic N) is 3. The van der Waals surface area contributed by atoms with Gasteiger partial charge in [0, 0.05) is 24.9 Å². The first-order valence-corrected chi connectivity index (χ1v) is 8.52. The number of hydrogen-bond donors (Lipinski definition) is 0. The van der Waals surface area contributed by atoms with Crippen LogP contribution < -0.4 is 0 Å². The molecule has 0 unspecified atom stereocenters. The lowest BCUT2D eigenvalue weighted by Crippen LogP contribution is -2.51. The van der Waals surface area contributed by atoms with E-state index >= 15 is 0 Å². The largest absolute Gasteiger partial charge is 0.365 e. The molecule has 1 fully saturated rings. The van der Waals surface area contributed by atoms with E-state index < -0.39 is 6.10 Å². The molecule has 126 valence electrons. The molecule has 0 aliphatic carbocycles. The SMILES string of the molecule is C=CC(=O)N1CCO[C@@H](C(=O)N(C)Cc2csc(C(C)C)n2)C1. The van der Waals surface area contributed by atoms with E-state index in [-0.39, 0.29) is 18.4 Å².